The smallest absolute Gasteiger partial charge is 0.422 e. The molecule has 1 saturated heterocycles. The monoisotopic (exact) mass is 273 g/mol. The molecule has 0 atom stereocenters. The van der Waals surface area contributed by atoms with E-state index in [4.69, 9.17) is 0 Å². The van der Waals surface area contributed by atoms with Crippen molar-refractivity contribution in [3.05, 3.63) is 29.8 Å². The van der Waals surface area contributed by atoms with Gasteiger partial charge in [0.15, 0.2) is 6.61 Å². The zero-order valence-corrected chi connectivity index (χ0v) is 10.2. The fourth-order valence-electron chi connectivity index (χ4n) is 1.94. The highest BCUT2D eigenvalue weighted by molar-refractivity contribution is 5.82. The van der Waals surface area contributed by atoms with Crippen molar-refractivity contribution in [3.63, 3.8) is 0 Å². The van der Waals surface area contributed by atoms with Crippen LogP contribution in [0.15, 0.2) is 24.3 Å². The molecule has 2 rings (SSSR count). The second-order valence-corrected chi connectivity index (χ2v) is 4.55. The number of benzene rings is 1. The van der Waals surface area contributed by atoms with Gasteiger partial charge in [-0.1, -0.05) is 12.1 Å². The molecule has 0 aromatic heterocycles. The number of halogens is 3. The number of alkyl halides is 3. The van der Waals surface area contributed by atoms with E-state index in [-0.39, 0.29) is 11.5 Å². The Morgan fingerprint density at radius 3 is 2.42 bits per heavy atom. The van der Waals surface area contributed by atoms with Crippen LogP contribution in [0.25, 0.3) is 0 Å². The van der Waals surface area contributed by atoms with Gasteiger partial charge in [0.25, 0.3) is 0 Å². The van der Waals surface area contributed by atoms with E-state index in [1.54, 1.807) is 12.1 Å². The lowest BCUT2D eigenvalue weighted by Gasteiger charge is -2.14. The summed E-state index contributed by atoms with van der Waals surface area (Å²) in [6.45, 7) is 0.537. The number of nitrogens with zero attached hydrogens (tertiary/aromatic N) is 1. The Labute approximate surface area is 109 Å². The molecule has 0 amide bonds. The van der Waals surface area contributed by atoms with Crippen LogP contribution in [0, 0.1) is 0 Å². The summed E-state index contributed by atoms with van der Waals surface area (Å²) in [4.78, 5) is 13.1. The molecule has 0 unspecified atom stereocenters. The molecule has 1 aromatic carbocycles. The van der Waals surface area contributed by atoms with E-state index in [1.165, 1.54) is 12.1 Å². The summed E-state index contributed by atoms with van der Waals surface area (Å²) >= 11 is 0. The minimum atomic E-state index is -4.32. The van der Waals surface area contributed by atoms with Crippen LogP contribution >= 0.6 is 0 Å². The van der Waals surface area contributed by atoms with Gasteiger partial charge in [0, 0.05) is 19.5 Å². The van der Waals surface area contributed by atoms with Gasteiger partial charge in [0.05, 0.1) is 6.54 Å². The van der Waals surface area contributed by atoms with Crippen LogP contribution in [-0.4, -0.2) is 36.6 Å². The van der Waals surface area contributed by atoms with Crippen molar-refractivity contribution in [1.82, 2.24) is 4.90 Å². The second kappa shape index (κ2) is 5.61. The quantitative estimate of drug-likeness (QED) is 0.843. The molecule has 0 spiro atoms. The molecule has 3 nitrogen and oxygen atoms in total. The predicted molar refractivity (Wildman–Crippen MR) is 62.9 cm³/mol. The summed E-state index contributed by atoms with van der Waals surface area (Å²) in [6.07, 6.45) is -3.75. The minimum Gasteiger partial charge on any atom is -0.484 e. The number of Topliss-reactive ketones (excluding diaryl/α,β-unsaturated/α-hetero) is 1. The fourth-order valence-corrected chi connectivity index (χ4v) is 1.94. The third-order valence-electron chi connectivity index (χ3n) is 2.84. The summed E-state index contributed by atoms with van der Waals surface area (Å²) in [5, 5.41) is 0. The van der Waals surface area contributed by atoms with Crippen LogP contribution in [0.4, 0.5) is 13.2 Å². The number of ether oxygens (including phenoxy) is 1. The van der Waals surface area contributed by atoms with E-state index in [9.17, 15) is 18.0 Å². The first kappa shape index (κ1) is 13.9. The maximum absolute atomic E-state index is 12.0. The third kappa shape index (κ3) is 4.55. The molecule has 0 saturated carbocycles. The van der Waals surface area contributed by atoms with Crippen molar-refractivity contribution in [2.45, 2.75) is 19.1 Å². The van der Waals surface area contributed by atoms with Crippen LogP contribution < -0.4 is 4.74 Å². The normalized spacial score (nSPS) is 16.9. The average Bonchev–Trinajstić information content (AvgIpc) is 2.73. The highest BCUT2D eigenvalue weighted by Gasteiger charge is 2.28. The Bertz CT molecular complexity index is 442. The van der Waals surface area contributed by atoms with Gasteiger partial charge in [-0.15, -0.1) is 0 Å². The zero-order chi connectivity index (χ0) is 13.9. The van der Waals surface area contributed by atoms with Crippen molar-refractivity contribution in [3.8, 4) is 5.75 Å². The Hall–Kier alpha value is -1.56. The van der Waals surface area contributed by atoms with Crippen LogP contribution in [0.2, 0.25) is 0 Å². The molecule has 0 N–H and O–H groups in total. The van der Waals surface area contributed by atoms with E-state index >= 15 is 0 Å². The van der Waals surface area contributed by atoms with Crippen LogP contribution in [0.1, 0.15) is 12.0 Å². The van der Waals surface area contributed by atoms with Gasteiger partial charge >= 0.3 is 6.18 Å². The van der Waals surface area contributed by atoms with Crippen molar-refractivity contribution in [2.75, 3.05) is 19.7 Å². The molecule has 6 heteroatoms. The summed E-state index contributed by atoms with van der Waals surface area (Å²) in [5.74, 6) is 0.420. The molecule has 19 heavy (non-hydrogen) atoms. The fraction of sp³-hybridized carbons (Fsp3) is 0.462. The van der Waals surface area contributed by atoms with E-state index < -0.39 is 12.8 Å². The topological polar surface area (TPSA) is 29.5 Å². The molecule has 1 aliphatic rings. The molecular weight excluding hydrogens is 259 g/mol. The van der Waals surface area contributed by atoms with Gasteiger partial charge in [0.2, 0.25) is 0 Å². The Morgan fingerprint density at radius 1 is 1.21 bits per heavy atom. The largest absolute Gasteiger partial charge is 0.484 e. The molecular formula is C13H14F3NO2. The summed E-state index contributed by atoms with van der Waals surface area (Å²) in [6, 6.07) is 6.46. The van der Waals surface area contributed by atoms with E-state index in [2.05, 4.69) is 4.74 Å². The molecule has 1 aromatic rings. The molecule has 0 aliphatic carbocycles. The number of hydrogen-bond donors (Lipinski definition) is 0. The van der Waals surface area contributed by atoms with Gasteiger partial charge < -0.3 is 4.74 Å². The lowest BCUT2D eigenvalue weighted by atomic mass is 10.2. The molecule has 1 fully saturated rings. The first-order chi connectivity index (χ1) is 8.92. The number of carbonyl (C=O) groups is 1. The highest BCUT2D eigenvalue weighted by Crippen LogP contribution is 2.19. The standard InChI is InChI=1S/C13H14F3NO2/c14-13(15,16)9-19-12-3-1-10(2-4-12)7-17-6-5-11(18)8-17/h1-4H,5-9H2. The summed E-state index contributed by atoms with van der Waals surface area (Å²) < 4.78 is 40.5. The Kier molecular flexibility index (Phi) is 4.09. The van der Waals surface area contributed by atoms with Crippen LogP contribution in [-0.2, 0) is 11.3 Å². The third-order valence-corrected chi connectivity index (χ3v) is 2.84. The van der Waals surface area contributed by atoms with Gasteiger partial charge in [-0.2, -0.15) is 13.2 Å². The number of carbonyl (C=O) groups excluding carboxylic acids is 1. The number of likely N-dealkylation sites (tertiary alicyclic amines) is 1. The maximum Gasteiger partial charge on any atom is 0.422 e. The first-order valence-corrected chi connectivity index (χ1v) is 5.95. The molecule has 1 heterocycles. The van der Waals surface area contributed by atoms with Crippen molar-refractivity contribution in [1.29, 1.82) is 0 Å². The van der Waals surface area contributed by atoms with E-state index in [0.29, 0.717) is 19.5 Å². The van der Waals surface area contributed by atoms with Gasteiger partial charge in [-0.05, 0) is 17.7 Å². The zero-order valence-electron chi connectivity index (χ0n) is 10.2. The van der Waals surface area contributed by atoms with Crippen LogP contribution in [0.5, 0.6) is 5.75 Å². The predicted octanol–water partition coefficient (Wildman–Crippen LogP) is 2.40. The van der Waals surface area contributed by atoms with Gasteiger partial charge in [-0.25, -0.2) is 0 Å². The minimum absolute atomic E-state index is 0.193. The van der Waals surface area contributed by atoms with E-state index in [0.717, 1.165) is 12.1 Å². The van der Waals surface area contributed by atoms with Crippen molar-refractivity contribution < 1.29 is 22.7 Å². The Balaban J connectivity index is 1.86. The SMILES string of the molecule is O=C1CCN(Cc2ccc(OCC(F)(F)F)cc2)C1. The Morgan fingerprint density at radius 2 is 1.89 bits per heavy atom. The second-order valence-electron chi connectivity index (χ2n) is 4.55. The molecule has 104 valence electrons. The average molecular weight is 273 g/mol. The van der Waals surface area contributed by atoms with Crippen LogP contribution in [0.3, 0.4) is 0 Å². The molecule has 1 aliphatic heterocycles. The summed E-state index contributed by atoms with van der Waals surface area (Å²) in [7, 11) is 0. The van der Waals surface area contributed by atoms with E-state index in [1.807, 2.05) is 4.90 Å². The number of hydrogen-bond acceptors (Lipinski definition) is 3. The highest BCUT2D eigenvalue weighted by atomic mass is 19.4. The van der Waals surface area contributed by atoms with Gasteiger partial charge in [-0.3, -0.25) is 9.69 Å². The molecule has 0 bridgehead atoms. The van der Waals surface area contributed by atoms with Crippen molar-refractivity contribution >= 4 is 5.78 Å². The maximum atomic E-state index is 12.0. The molecule has 0 radical (unpaired) electrons. The van der Waals surface area contributed by atoms with Crippen molar-refractivity contribution in [2.24, 2.45) is 0 Å². The lowest BCUT2D eigenvalue weighted by Crippen LogP contribution is -2.20. The van der Waals surface area contributed by atoms with Gasteiger partial charge in [0.1, 0.15) is 11.5 Å². The first-order valence-electron chi connectivity index (χ1n) is 5.95. The summed E-state index contributed by atoms with van der Waals surface area (Å²) in [5.41, 5.74) is 0.953. The number of ketones is 1. The lowest BCUT2D eigenvalue weighted by molar-refractivity contribution is -0.153. The number of rotatable bonds is 4.